The molecule has 160 valence electrons. The van der Waals surface area contributed by atoms with Crippen LogP contribution < -0.4 is 4.90 Å². The maximum Gasteiger partial charge on any atom is 0.253 e. The van der Waals surface area contributed by atoms with Crippen LogP contribution in [0.2, 0.25) is 0 Å². The Morgan fingerprint density at radius 1 is 0.867 bits per heavy atom. The predicted octanol–water partition coefficient (Wildman–Crippen LogP) is 2.71. The lowest BCUT2D eigenvalue weighted by Gasteiger charge is -2.36. The van der Waals surface area contributed by atoms with Crippen molar-refractivity contribution in [2.45, 2.75) is 18.6 Å². The number of halogens is 1. The summed E-state index contributed by atoms with van der Waals surface area (Å²) in [6.45, 7) is 3.35. The van der Waals surface area contributed by atoms with Gasteiger partial charge in [-0.3, -0.25) is 4.79 Å². The van der Waals surface area contributed by atoms with Gasteiger partial charge >= 0.3 is 0 Å². The van der Waals surface area contributed by atoms with Crippen molar-refractivity contribution in [2.75, 3.05) is 44.2 Å². The van der Waals surface area contributed by atoms with Crippen LogP contribution in [-0.4, -0.2) is 62.8 Å². The number of hydrogen-bond donors (Lipinski definition) is 0. The molecule has 2 aromatic carbocycles. The molecule has 0 N–H and O–H groups in total. The summed E-state index contributed by atoms with van der Waals surface area (Å²) in [6.07, 6.45) is 1.83. The van der Waals surface area contributed by atoms with Crippen LogP contribution in [0.5, 0.6) is 0 Å². The third-order valence-electron chi connectivity index (χ3n) is 5.77. The summed E-state index contributed by atoms with van der Waals surface area (Å²) in [4.78, 5) is 16.5. The van der Waals surface area contributed by atoms with Crippen LogP contribution in [0, 0.1) is 5.82 Å². The van der Waals surface area contributed by atoms with E-state index in [1.165, 1.54) is 6.07 Å². The number of nitrogens with zero attached hydrogens (tertiary/aromatic N) is 3. The molecule has 8 heteroatoms. The predicted molar refractivity (Wildman–Crippen MR) is 114 cm³/mol. The number of piperazine rings is 1. The van der Waals surface area contributed by atoms with E-state index in [2.05, 4.69) is 0 Å². The van der Waals surface area contributed by atoms with E-state index in [4.69, 9.17) is 0 Å². The van der Waals surface area contributed by atoms with Gasteiger partial charge in [-0.15, -0.1) is 0 Å². The van der Waals surface area contributed by atoms with Gasteiger partial charge in [-0.25, -0.2) is 17.1 Å². The number of sulfonamides is 1. The molecule has 0 bridgehead atoms. The molecule has 0 radical (unpaired) electrons. The lowest BCUT2D eigenvalue weighted by atomic mass is 10.1. The van der Waals surface area contributed by atoms with Crippen LogP contribution in [0.4, 0.5) is 10.1 Å². The summed E-state index contributed by atoms with van der Waals surface area (Å²) in [7, 11) is -3.30. The third kappa shape index (κ3) is 4.49. The number of para-hydroxylation sites is 1. The average Bonchev–Trinajstić information content (AvgIpc) is 3.30. The highest BCUT2D eigenvalue weighted by molar-refractivity contribution is 7.88. The second kappa shape index (κ2) is 8.73. The van der Waals surface area contributed by atoms with E-state index in [0.717, 1.165) is 12.8 Å². The van der Waals surface area contributed by atoms with Gasteiger partial charge in [0.2, 0.25) is 10.0 Å². The minimum atomic E-state index is -3.30. The van der Waals surface area contributed by atoms with Crippen molar-refractivity contribution in [3.05, 3.63) is 65.5 Å². The Morgan fingerprint density at radius 2 is 1.50 bits per heavy atom. The van der Waals surface area contributed by atoms with Crippen LogP contribution in [0.3, 0.4) is 0 Å². The van der Waals surface area contributed by atoms with Gasteiger partial charge in [0, 0.05) is 44.8 Å². The van der Waals surface area contributed by atoms with Crippen molar-refractivity contribution < 1.29 is 17.6 Å². The Hall–Kier alpha value is -2.45. The van der Waals surface area contributed by atoms with E-state index >= 15 is 0 Å². The molecule has 2 aliphatic heterocycles. The van der Waals surface area contributed by atoms with Crippen LogP contribution in [0.1, 0.15) is 28.8 Å². The molecular weight excluding hydrogens is 405 g/mol. The second-order valence-corrected chi connectivity index (χ2v) is 9.76. The molecule has 2 fully saturated rings. The smallest absolute Gasteiger partial charge is 0.253 e. The molecule has 0 saturated carbocycles. The van der Waals surface area contributed by atoms with Crippen LogP contribution in [-0.2, 0) is 15.8 Å². The molecule has 0 aliphatic carbocycles. The maximum atomic E-state index is 14.0. The number of carbonyl (C=O) groups is 1. The molecule has 2 aromatic rings. The summed E-state index contributed by atoms with van der Waals surface area (Å²) in [5.74, 6) is -0.378. The van der Waals surface area contributed by atoms with Crippen LogP contribution in [0.25, 0.3) is 0 Å². The first-order valence-electron chi connectivity index (χ1n) is 10.3. The Labute approximate surface area is 176 Å². The Morgan fingerprint density at radius 3 is 2.13 bits per heavy atom. The van der Waals surface area contributed by atoms with E-state index < -0.39 is 10.0 Å². The standard InChI is InChI=1S/C22H26FN3O3S/c23-20-5-1-2-6-21(20)24-13-15-25(16-14-24)22(27)19-9-7-18(8-10-19)17-30(28,29)26-11-3-4-12-26/h1-2,5-10H,3-4,11-17H2. The molecule has 2 heterocycles. The topological polar surface area (TPSA) is 60.9 Å². The number of rotatable bonds is 5. The first-order valence-corrected chi connectivity index (χ1v) is 11.9. The SMILES string of the molecule is O=C(c1ccc(CS(=O)(=O)N2CCCC2)cc1)N1CCN(c2ccccc2F)CC1. The molecule has 2 aliphatic rings. The molecule has 0 spiro atoms. The fourth-order valence-corrected chi connectivity index (χ4v) is 5.66. The molecule has 30 heavy (non-hydrogen) atoms. The fraction of sp³-hybridized carbons (Fsp3) is 0.409. The van der Waals surface area contributed by atoms with Gasteiger partial charge in [-0.2, -0.15) is 0 Å². The minimum absolute atomic E-state index is 0.0389. The molecule has 0 aromatic heterocycles. The highest BCUT2D eigenvalue weighted by Gasteiger charge is 2.26. The first-order chi connectivity index (χ1) is 14.4. The molecule has 6 nitrogen and oxygen atoms in total. The number of carbonyl (C=O) groups excluding carboxylic acids is 1. The zero-order valence-corrected chi connectivity index (χ0v) is 17.7. The van der Waals surface area contributed by atoms with Gasteiger partial charge in [0.15, 0.2) is 0 Å². The van der Waals surface area contributed by atoms with E-state index in [1.807, 2.05) is 4.90 Å². The summed E-state index contributed by atoms with van der Waals surface area (Å²) in [5.41, 5.74) is 1.78. The third-order valence-corrected chi connectivity index (χ3v) is 7.62. The van der Waals surface area contributed by atoms with Gasteiger partial charge in [0.05, 0.1) is 11.4 Å². The number of anilines is 1. The zero-order valence-electron chi connectivity index (χ0n) is 16.8. The summed E-state index contributed by atoms with van der Waals surface area (Å²) >= 11 is 0. The van der Waals surface area contributed by atoms with Crippen molar-refractivity contribution in [1.82, 2.24) is 9.21 Å². The summed E-state index contributed by atoms with van der Waals surface area (Å²) < 4.78 is 40.4. The number of hydrogen-bond acceptors (Lipinski definition) is 4. The quantitative estimate of drug-likeness (QED) is 0.730. The van der Waals surface area contributed by atoms with E-state index in [0.29, 0.717) is 56.1 Å². The number of benzene rings is 2. The number of amides is 1. The Bertz CT molecular complexity index is 997. The van der Waals surface area contributed by atoms with Gasteiger partial charge in [-0.1, -0.05) is 24.3 Å². The van der Waals surface area contributed by atoms with Crippen molar-refractivity contribution in [2.24, 2.45) is 0 Å². The lowest BCUT2D eigenvalue weighted by Crippen LogP contribution is -2.49. The van der Waals surface area contributed by atoms with Crippen molar-refractivity contribution in [3.63, 3.8) is 0 Å². The average molecular weight is 432 g/mol. The molecule has 2 saturated heterocycles. The van der Waals surface area contributed by atoms with E-state index in [-0.39, 0.29) is 17.5 Å². The van der Waals surface area contributed by atoms with Crippen molar-refractivity contribution >= 4 is 21.6 Å². The second-order valence-electron chi connectivity index (χ2n) is 7.79. The minimum Gasteiger partial charge on any atom is -0.366 e. The highest BCUT2D eigenvalue weighted by Crippen LogP contribution is 2.21. The lowest BCUT2D eigenvalue weighted by molar-refractivity contribution is 0.0746. The van der Waals surface area contributed by atoms with Crippen LogP contribution in [0.15, 0.2) is 48.5 Å². The molecule has 4 rings (SSSR count). The van der Waals surface area contributed by atoms with E-state index in [1.54, 1.807) is 51.7 Å². The maximum absolute atomic E-state index is 14.0. The van der Waals surface area contributed by atoms with Crippen molar-refractivity contribution in [3.8, 4) is 0 Å². The molecule has 0 unspecified atom stereocenters. The van der Waals surface area contributed by atoms with Gasteiger partial charge < -0.3 is 9.80 Å². The highest BCUT2D eigenvalue weighted by atomic mass is 32.2. The first kappa shape index (κ1) is 20.8. The van der Waals surface area contributed by atoms with E-state index in [9.17, 15) is 17.6 Å². The summed E-state index contributed by atoms with van der Waals surface area (Å²) in [5, 5.41) is 0. The normalized spacial score (nSPS) is 18.0. The monoisotopic (exact) mass is 431 g/mol. The zero-order chi connectivity index (χ0) is 21.1. The molecule has 1 amide bonds. The Kier molecular flexibility index (Phi) is 6.06. The van der Waals surface area contributed by atoms with Gasteiger partial charge in [0.1, 0.15) is 5.82 Å². The van der Waals surface area contributed by atoms with Gasteiger partial charge in [-0.05, 0) is 42.7 Å². The fourth-order valence-electron chi connectivity index (χ4n) is 4.05. The summed E-state index contributed by atoms with van der Waals surface area (Å²) in [6, 6.07) is 13.5. The van der Waals surface area contributed by atoms with Crippen LogP contribution >= 0.6 is 0 Å². The molecular formula is C22H26FN3O3S. The van der Waals surface area contributed by atoms with Gasteiger partial charge in [0.25, 0.3) is 5.91 Å². The largest absolute Gasteiger partial charge is 0.366 e. The van der Waals surface area contributed by atoms with Crippen molar-refractivity contribution in [1.29, 1.82) is 0 Å². The molecule has 0 atom stereocenters. The Balaban J connectivity index is 1.36.